The Kier molecular flexibility index (Phi) is 6.13. The Labute approximate surface area is 182 Å². The van der Waals surface area contributed by atoms with E-state index in [2.05, 4.69) is 11.4 Å². The van der Waals surface area contributed by atoms with Crippen LogP contribution in [0.25, 0.3) is 0 Å². The van der Waals surface area contributed by atoms with E-state index < -0.39 is 5.92 Å². The SMILES string of the molecule is COC(=O)[C@H](CNC(=O)N1CC2(CCOCC2)c2ccccc21)Cc1ccc(O)cc1. The van der Waals surface area contributed by atoms with Crippen molar-refractivity contribution in [2.45, 2.75) is 24.7 Å². The maximum Gasteiger partial charge on any atom is 0.321 e. The van der Waals surface area contributed by atoms with Crippen LogP contribution in [0.2, 0.25) is 0 Å². The quantitative estimate of drug-likeness (QED) is 0.721. The van der Waals surface area contributed by atoms with E-state index in [1.165, 1.54) is 12.7 Å². The molecule has 0 aromatic heterocycles. The van der Waals surface area contributed by atoms with Gasteiger partial charge in [0.25, 0.3) is 0 Å². The van der Waals surface area contributed by atoms with E-state index in [1.807, 2.05) is 18.2 Å². The summed E-state index contributed by atoms with van der Waals surface area (Å²) in [5.41, 5.74) is 2.94. The molecule has 164 valence electrons. The molecule has 4 rings (SSSR count). The molecule has 2 amide bonds. The number of phenols is 1. The highest BCUT2D eigenvalue weighted by atomic mass is 16.5. The Morgan fingerprint density at radius 3 is 2.58 bits per heavy atom. The summed E-state index contributed by atoms with van der Waals surface area (Å²) in [4.78, 5) is 27.2. The third-order valence-electron chi connectivity index (χ3n) is 6.37. The molecule has 2 heterocycles. The van der Waals surface area contributed by atoms with Crippen LogP contribution in [0, 0.1) is 5.92 Å². The van der Waals surface area contributed by atoms with Gasteiger partial charge in [-0.2, -0.15) is 0 Å². The number of esters is 1. The highest BCUT2D eigenvalue weighted by molar-refractivity contribution is 5.95. The summed E-state index contributed by atoms with van der Waals surface area (Å²) in [6.45, 7) is 2.17. The molecule has 0 unspecified atom stereocenters. The van der Waals surface area contributed by atoms with Gasteiger partial charge < -0.3 is 19.9 Å². The van der Waals surface area contributed by atoms with Gasteiger partial charge in [0.1, 0.15) is 5.75 Å². The van der Waals surface area contributed by atoms with Gasteiger partial charge in [-0.05, 0) is 48.6 Å². The van der Waals surface area contributed by atoms with Crippen LogP contribution in [0.3, 0.4) is 0 Å². The number of methoxy groups -OCH3 is 1. The first-order valence-electron chi connectivity index (χ1n) is 10.6. The maximum absolute atomic E-state index is 13.1. The predicted octanol–water partition coefficient (Wildman–Crippen LogP) is 3.00. The highest BCUT2D eigenvalue weighted by Crippen LogP contribution is 2.46. The van der Waals surface area contributed by atoms with Gasteiger partial charge in [0, 0.05) is 37.4 Å². The van der Waals surface area contributed by atoms with Gasteiger partial charge in [-0.15, -0.1) is 0 Å². The van der Waals surface area contributed by atoms with Crippen molar-refractivity contribution in [2.24, 2.45) is 5.92 Å². The largest absolute Gasteiger partial charge is 0.508 e. The number of benzene rings is 2. The number of hydrogen-bond donors (Lipinski definition) is 2. The second-order valence-electron chi connectivity index (χ2n) is 8.27. The second kappa shape index (κ2) is 8.98. The smallest absolute Gasteiger partial charge is 0.321 e. The monoisotopic (exact) mass is 424 g/mol. The second-order valence-corrected chi connectivity index (χ2v) is 8.27. The number of nitrogens with one attached hydrogen (secondary N) is 1. The molecule has 1 saturated heterocycles. The number of aromatic hydroxyl groups is 1. The molecule has 2 aliphatic heterocycles. The van der Waals surface area contributed by atoms with Crippen molar-refractivity contribution in [3.05, 3.63) is 59.7 Å². The van der Waals surface area contributed by atoms with Gasteiger partial charge >= 0.3 is 12.0 Å². The molecule has 2 aromatic rings. The normalized spacial score (nSPS) is 17.8. The molecule has 2 N–H and O–H groups in total. The Morgan fingerprint density at radius 2 is 1.87 bits per heavy atom. The number of urea groups is 1. The van der Waals surface area contributed by atoms with Crippen molar-refractivity contribution >= 4 is 17.7 Å². The number of nitrogens with zero attached hydrogens (tertiary/aromatic N) is 1. The molecule has 7 nitrogen and oxygen atoms in total. The van der Waals surface area contributed by atoms with Crippen molar-refractivity contribution in [1.82, 2.24) is 5.32 Å². The molecule has 1 fully saturated rings. The molecule has 0 radical (unpaired) electrons. The minimum atomic E-state index is -0.520. The zero-order valence-corrected chi connectivity index (χ0v) is 17.7. The fraction of sp³-hybridized carbons (Fsp3) is 0.417. The summed E-state index contributed by atoms with van der Waals surface area (Å²) in [6, 6.07) is 14.5. The maximum atomic E-state index is 13.1. The van der Waals surface area contributed by atoms with Gasteiger partial charge in [0.2, 0.25) is 0 Å². The van der Waals surface area contributed by atoms with E-state index in [4.69, 9.17) is 9.47 Å². The first-order chi connectivity index (χ1) is 15.0. The lowest BCUT2D eigenvalue weighted by Crippen LogP contribution is -2.46. The number of amides is 2. The van der Waals surface area contributed by atoms with Crippen LogP contribution in [-0.2, 0) is 26.1 Å². The van der Waals surface area contributed by atoms with Gasteiger partial charge in [0.15, 0.2) is 0 Å². The van der Waals surface area contributed by atoms with Crippen molar-refractivity contribution in [3.63, 3.8) is 0 Å². The predicted molar refractivity (Wildman–Crippen MR) is 116 cm³/mol. The van der Waals surface area contributed by atoms with Crippen LogP contribution in [0.15, 0.2) is 48.5 Å². The third kappa shape index (κ3) is 4.37. The van der Waals surface area contributed by atoms with Gasteiger partial charge in [-0.1, -0.05) is 30.3 Å². The number of hydrogen-bond acceptors (Lipinski definition) is 5. The van der Waals surface area contributed by atoms with Crippen LogP contribution in [0.5, 0.6) is 5.75 Å². The Hall–Kier alpha value is -3.06. The number of carbonyl (C=O) groups excluding carboxylic acids is 2. The lowest BCUT2D eigenvalue weighted by molar-refractivity contribution is -0.145. The number of carbonyl (C=O) groups is 2. The molecular weight excluding hydrogens is 396 g/mol. The standard InChI is InChI=1S/C24H28N2O5/c1-30-22(28)18(14-17-6-8-19(27)9-7-17)15-25-23(29)26-16-24(10-12-31-13-11-24)20-4-2-3-5-21(20)26/h2-9,18,27H,10-16H2,1H3,(H,25,29)/t18-/m0/s1. The molecule has 1 spiro atoms. The van der Waals surface area contributed by atoms with Crippen LogP contribution in [-0.4, -0.2) is 50.5 Å². The minimum absolute atomic E-state index is 0.0695. The molecule has 0 bridgehead atoms. The summed E-state index contributed by atoms with van der Waals surface area (Å²) in [5, 5.41) is 12.4. The van der Waals surface area contributed by atoms with E-state index in [0.717, 1.165) is 24.1 Å². The molecule has 0 saturated carbocycles. The van der Waals surface area contributed by atoms with Crippen LogP contribution in [0.4, 0.5) is 10.5 Å². The Bertz CT molecular complexity index is 937. The number of rotatable bonds is 5. The topological polar surface area (TPSA) is 88.1 Å². The van der Waals surface area contributed by atoms with Crippen molar-refractivity contribution < 1.29 is 24.2 Å². The average Bonchev–Trinajstić information content (AvgIpc) is 3.11. The molecule has 2 aromatic carbocycles. The lowest BCUT2D eigenvalue weighted by Gasteiger charge is -2.34. The lowest BCUT2D eigenvalue weighted by atomic mass is 9.76. The highest BCUT2D eigenvalue weighted by Gasteiger charge is 2.45. The number of anilines is 1. The van der Waals surface area contributed by atoms with Crippen LogP contribution >= 0.6 is 0 Å². The fourth-order valence-corrected chi connectivity index (χ4v) is 4.63. The minimum Gasteiger partial charge on any atom is -0.508 e. The van der Waals surface area contributed by atoms with E-state index in [9.17, 15) is 14.7 Å². The summed E-state index contributed by atoms with van der Waals surface area (Å²) in [7, 11) is 1.35. The Balaban J connectivity index is 1.46. The molecule has 0 aliphatic carbocycles. The van der Waals surface area contributed by atoms with Crippen LogP contribution < -0.4 is 10.2 Å². The summed E-state index contributed by atoms with van der Waals surface area (Å²) >= 11 is 0. The molecular formula is C24H28N2O5. The van der Waals surface area contributed by atoms with Crippen molar-refractivity contribution in [3.8, 4) is 5.75 Å². The number of phenolic OH excluding ortho intramolecular Hbond substituents is 1. The first-order valence-corrected chi connectivity index (χ1v) is 10.6. The molecule has 7 heteroatoms. The van der Waals surface area contributed by atoms with Gasteiger partial charge in [0.05, 0.1) is 13.0 Å². The number of ether oxygens (including phenoxy) is 2. The molecule has 31 heavy (non-hydrogen) atoms. The van der Waals surface area contributed by atoms with Crippen molar-refractivity contribution in [2.75, 3.05) is 38.3 Å². The van der Waals surface area contributed by atoms with E-state index >= 15 is 0 Å². The van der Waals surface area contributed by atoms with E-state index in [1.54, 1.807) is 29.2 Å². The summed E-state index contributed by atoms with van der Waals surface area (Å²) in [6.07, 6.45) is 2.18. The van der Waals surface area contributed by atoms with E-state index in [-0.39, 0.29) is 29.7 Å². The number of fused-ring (bicyclic) bond motifs is 2. The zero-order valence-electron chi connectivity index (χ0n) is 17.7. The fourth-order valence-electron chi connectivity index (χ4n) is 4.63. The van der Waals surface area contributed by atoms with Crippen LogP contribution in [0.1, 0.15) is 24.0 Å². The van der Waals surface area contributed by atoms with Crippen molar-refractivity contribution in [1.29, 1.82) is 0 Å². The zero-order chi connectivity index (χ0) is 21.8. The van der Waals surface area contributed by atoms with Gasteiger partial charge in [-0.25, -0.2) is 4.79 Å². The molecule has 2 aliphatic rings. The Morgan fingerprint density at radius 1 is 1.16 bits per heavy atom. The number of para-hydroxylation sites is 1. The van der Waals surface area contributed by atoms with E-state index in [0.29, 0.717) is 26.2 Å². The summed E-state index contributed by atoms with van der Waals surface area (Å²) < 4.78 is 10.5. The molecule has 1 atom stereocenters. The van der Waals surface area contributed by atoms with Gasteiger partial charge in [-0.3, -0.25) is 9.69 Å². The summed E-state index contributed by atoms with van der Waals surface area (Å²) in [5.74, 6) is -0.731. The average molecular weight is 424 g/mol. The first kappa shape index (κ1) is 21.2. The third-order valence-corrected chi connectivity index (χ3v) is 6.37.